The van der Waals surface area contributed by atoms with Gasteiger partial charge in [-0.15, -0.1) is 5.10 Å². The van der Waals surface area contributed by atoms with Crippen LogP contribution in [0.1, 0.15) is 58.3 Å². The lowest BCUT2D eigenvalue weighted by molar-refractivity contribution is 0.0556. The first kappa shape index (κ1) is 23.9. The van der Waals surface area contributed by atoms with Gasteiger partial charge in [0.25, 0.3) is 11.8 Å². The first-order valence-corrected chi connectivity index (χ1v) is 13.2. The summed E-state index contributed by atoms with van der Waals surface area (Å²) in [4.78, 5) is 41.3. The third kappa shape index (κ3) is 3.79. The van der Waals surface area contributed by atoms with Gasteiger partial charge in [0.15, 0.2) is 5.65 Å². The van der Waals surface area contributed by atoms with Gasteiger partial charge in [-0.1, -0.05) is 36.4 Å². The average Bonchev–Trinajstić information content (AvgIpc) is 3.71. The number of hydrogen-bond donors (Lipinski definition) is 3. The van der Waals surface area contributed by atoms with Crippen molar-refractivity contribution in [1.29, 1.82) is 0 Å². The Morgan fingerprint density at radius 2 is 1.73 bits per heavy atom. The standard InChI is InChI=1S/C28H26N10O2/c29-24-22(25(30)39)23(17-10-18-7-8-19(11-17)37(18)28(40)26-32-14-33-36-26)35-27-20(13-34-38(24)27)16-6-9-21(31-12-16)15-4-2-1-3-5-15/h1-6,9,12-14,17-19H,7-8,10-11,29H2,(H2,30,39)(H,32,33,36)/t17-,18+,19-. The molecule has 12 nitrogen and oxygen atoms in total. The van der Waals surface area contributed by atoms with Crippen LogP contribution in [0, 0.1) is 0 Å². The summed E-state index contributed by atoms with van der Waals surface area (Å²) in [5.41, 5.74) is 17.0. The molecule has 0 unspecified atom stereocenters. The van der Waals surface area contributed by atoms with Crippen LogP contribution >= 0.6 is 0 Å². The topological polar surface area (TPSA) is 174 Å². The Bertz CT molecular complexity index is 1720. The molecule has 7 rings (SSSR count). The zero-order chi connectivity index (χ0) is 27.4. The van der Waals surface area contributed by atoms with E-state index in [0.717, 1.165) is 35.2 Å². The number of carbonyl (C=O) groups excluding carboxylic acids is 2. The van der Waals surface area contributed by atoms with Crippen LogP contribution in [0.5, 0.6) is 0 Å². The van der Waals surface area contributed by atoms with E-state index in [-0.39, 0.29) is 41.1 Å². The second-order valence-corrected chi connectivity index (χ2v) is 10.3. The van der Waals surface area contributed by atoms with Crippen molar-refractivity contribution < 1.29 is 9.59 Å². The number of nitrogen functional groups attached to an aromatic ring is 1. The zero-order valence-corrected chi connectivity index (χ0v) is 21.4. The number of aromatic amines is 1. The number of nitrogens with one attached hydrogen (secondary N) is 1. The molecule has 0 spiro atoms. The van der Waals surface area contributed by atoms with E-state index in [1.807, 2.05) is 47.4 Å². The Morgan fingerprint density at radius 3 is 2.38 bits per heavy atom. The highest BCUT2D eigenvalue weighted by Gasteiger charge is 2.46. The van der Waals surface area contributed by atoms with Crippen LogP contribution in [0.3, 0.4) is 0 Å². The molecule has 40 heavy (non-hydrogen) atoms. The first-order valence-electron chi connectivity index (χ1n) is 13.2. The number of carbonyl (C=O) groups is 2. The van der Waals surface area contributed by atoms with Crippen LogP contribution < -0.4 is 11.5 Å². The highest BCUT2D eigenvalue weighted by Crippen LogP contribution is 2.44. The third-order valence-corrected chi connectivity index (χ3v) is 8.06. The molecule has 2 aliphatic rings. The van der Waals surface area contributed by atoms with Gasteiger partial charge in [0, 0.05) is 40.9 Å². The summed E-state index contributed by atoms with van der Waals surface area (Å²) in [5.74, 6) is -0.633. The van der Waals surface area contributed by atoms with Gasteiger partial charge >= 0.3 is 0 Å². The van der Waals surface area contributed by atoms with Crippen molar-refractivity contribution >= 4 is 23.3 Å². The molecule has 6 heterocycles. The third-order valence-electron chi connectivity index (χ3n) is 8.06. The fourth-order valence-electron chi connectivity index (χ4n) is 6.28. The van der Waals surface area contributed by atoms with Crippen LogP contribution in [0.25, 0.3) is 28.0 Å². The number of piperidine rings is 1. The van der Waals surface area contributed by atoms with Gasteiger partial charge in [-0.25, -0.2) is 9.97 Å². The van der Waals surface area contributed by atoms with Crippen molar-refractivity contribution in [3.8, 4) is 22.4 Å². The minimum absolute atomic E-state index is 0.0196. The van der Waals surface area contributed by atoms with Crippen LogP contribution in [0.4, 0.5) is 5.82 Å². The molecule has 2 bridgehead atoms. The van der Waals surface area contributed by atoms with Gasteiger partial charge in [0.2, 0.25) is 5.82 Å². The van der Waals surface area contributed by atoms with E-state index in [9.17, 15) is 9.59 Å². The largest absolute Gasteiger partial charge is 0.383 e. The molecule has 200 valence electrons. The van der Waals surface area contributed by atoms with Crippen molar-refractivity contribution in [2.24, 2.45) is 5.73 Å². The van der Waals surface area contributed by atoms with E-state index in [1.54, 1.807) is 12.4 Å². The Labute approximate surface area is 228 Å². The fraction of sp³-hybridized carbons (Fsp3) is 0.250. The van der Waals surface area contributed by atoms with Gasteiger partial charge < -0.3 is 16.4 Å². The smallest absolute Gasteiger partial charge is 0.294 e. The summed E-state index contributed by atoms with van der Waals surface area (Å²) in [6.45, 7) is 0. The minimum atomic E-state index is -0.653. The number of primary amides is 1. The van der Waals surface area contributed by atoms with Crippen molar-refractivity contribution in [3.63, 3.8) is 0 Å². The number of fused-ring (bicyclic) bond motifs is 3. The van der Waals surface area contributed by atoms with E-state index in [1.165, 1.54) is 10.8 Å². The number of hydrogen-bond acceptors (Lipinski definition) is 8. The van der Waals surface area contributed by atoms with Crippen LogP contribution in [-0.2, 0) is 0 Å². The van der Waals surface area contributed by atoms with E-state index < -0.39 is 5.91 Å². The van der Waals surface area contributed by atoms with E-state index in [4.69, 9.17) is 16.5 Å². The second kappa shape index (κ2) is 9.26. The number of H-pyrrole nitrogens is 1. The predicted octanol–water partition coefficient (Wildman–Crippen LogP) is 2.81. The summed E-state index contributed by atoms with van der Waals surface area (Å²) in [6, 6.07) is 13.8. The number of nitrogens with zero attached hydrogens (tertiary/aromatic N) is 7. The van der Waals surface area contributed by atoms with E-state index in [0.29, 0.717) is 24.2 Å². The van der Waals surface area contributed by atoms with Gasteiger partial charge in [0.05, 0.1) is 17.6 Å². The number of pyridine rings is 1. The van der Waals surface area contributed by atoms with Gasteiger partial charge in [-0.3, -0.25) is 19.7 Å². The molecule has 2 aliphatic heterocycles. The number of amides is 2. The minimum Gasteiger partial charge on any atom is -0.383 e. The second-order valence-electron chi connectivity index (χ2n) is 10.3. The Balaban J connectivity index is 1.26. The maximum absolute atomic E-state index is 13.1. The maximum atomic E-state index is 13.1. The lowest BCUT2D eigenvalue weighted by Crippen LogP contribution is -2.46. The number of benzene rings is 1. The van der Waals surface area contributed by atoms with Gasteiger partial charge in [0.1, 0.15) is 17.7 Å². The molecule has 5 N–H and O–H groups in total. The van der Waals surface area contributed by atoms with Crippen LogP contribution in [-0.4, -0.2) is 63.6 Å². The SMILES string of the molecule is NC(=O)c1c([C@H]2C[C@H]3CC[C@@H](C2)N3C(=O)c2nc[nH]n2)nc2c(-c3ccc(-c4ccccc4)nc3)cnn2c1N. The molecule has 2 saturated heterocycles. The van der Waals surface area contributed by atoms with Crippen molar-refractivity contribution in [2.75, 3.05) is 5.73 Å². The quantitative estimate of drug-likeness (QED) is 0.308. The summed E-state index contributed by atoms with van der Waals surface area (Å²) in [6.07, 6.45) is 7.84. The monoisotopic (exact) mass is 534 g/mol. The van der Waals surface area contributed by atoms with Gasteiger partial charge in [-0.2, -0.15) is 9.61 Å². The molecule has 1 aromatic carbocycles. The Kier molecular flexibility index (Phi) is 5.54. The van der Waals surface area contributed by atoms with Gasteiger partial charge in [-0.05, 0) is 31.7 Å². The van der Waals surface area contributed by atoms with E-state index >= 15 is 0 Å². The molecule has 0 aliphatic carbocycles. The van der Waals surface area contributed by atoms with E-state index in [2.05, 4.69) is 25.3 Å². The van der Waals surface area contributed by atoms with Crippen LogP contribution in [0.15, 0.2) is 61.2 Å². The molecule has 3 atom stereocenters. The molecule has 12 heteroatoms. The summed E-state index contributed by atoms with van der Waals surface area (Å²) in [7, 11) is 0. The molecular weight excluding hydrogens is 508 g/mol. The molecule has 2 fully saturated rings. The maximum Gasteiger partial charge on any atom is 0.294 e. The molecule has 0 saturated carbocycles. The summed E-state index contributed by atoms with van der Waals surface area (Å²) < 4.78 is 1.46. The number of rotatable bonds is 5. The lowest BCUT2D eigenvalue weighted by Gasteiger charge is -2.38. The number of nitrogens with two attached hydrogens (primary N) is 2. The lowest BCUT2D eigenvalue weighted by atomic mass is 9.85. The fourth-order valence-corrected chi connectivity index (χ4v) is 6.28. The van der Waals surface area contributed by atoms with Crippen LogP contribution in [0.2, 0.25) is 0 Å². The summed E-state index contributed by atoms with van der Waals surface area (Å²) in [5, 5.41) is 11.0. The highest BCUT2D eigenvalue weighted by atomic mass is 16.2. The zero-order valence-electron chi connectivity index (χ0n) is 21.4. The van der Waals surface area contributed by atoms with Crippen molar-refractivity contribution in [1.82, 2.24) is 39.7 Å². The first-order chi connectivity index (χ1) is 19.5. The normalized spacial score (nSPS) is 20.2. The van der Waals surface area contributed by atoms with Crippen molar-refractivity contribution in [3.05, 3.63) is 78.3 Å². The molecule has 2 amide bonds. The molecule has 4 aromatic heterocycles. The molecular formula is C28H26N10O2. The Hall–Kier alpha value is -5.13. The highest BCUT2D eigenvalue weighted by molar-refractivity contribution is 5.99. The predicted molar refractivity (Wildman–Crippen MR) is 146 cm³/mol. The van der Waals surface area contributed by atoms with Crippen molar-refractivity contribution in [2.45, 2.75) is 43.7 Å². The molecule has 0 radical (unpaired) electrons. The average molecular weight is 535 g/mol. The Morgan fingerprint density at radius 1 is 0.950 bits per heavy atom. The number of anilines is 1. The molecule has 5 aromatic rings. The number of aromatic nitrogens is 7. The summed E-state index contributed by atoms with van der Waals surface area (Å²) >= 11 is 0.